The fourth-order valence-corrected chi connectivity index (χ4v) is 3.66. The Balaban J connectivity index is 1.59. The van der Waals surface area contributed by atoms with Gasteiger partial charge in [-0.05, 0) is 41.8 Å². The normalized spacial score (nSPS) is 11.3. The molecule has 5 nitrogen and oxygen atoms in total. The lowest BCUT2D eigenvalue weighted by atomic mass is 10.1. The molecule has 0 saturated heterocycles. The lowest BCUT2D eigenvalue weighted by Crippen LogP contribution is -2.25. The zero-order chi connectivity index (χ0) is 19.1. The van der Waals surface area contributed by atoms with Gasteiger partial charge in [0.25, 0.3) is 0 Å². The number of nitrogens with one attached hydrogen (secondary N) is 1. The fourth-order valence-electron chi connectivity index (χ4n) is 2.61. The highest BCUT2D eigenvalue weighted by atomic mass is 32.2. The van der Waals surface area contributed by atoms with E-state index in [2.05, 4.69) is 4.72 Å². The molecule has 0 saturated carbocycles. The molecule has 0 fully saturated rings. The molecule has 0 heterocycles. The van der Waals surface area contributed by atoms with E-state index in [1.807, 2.05) is 42.5 Å². The van der Waals surface area contributed by atoms with E-state index in [1.54, 1.807) is 36.4 Å². The fraction of sp³-hybridized carbons (Fsp3) is 0.143. The van der Waals surface area contributed by atoms with Gasteiger partial charge in [0.05, 0.1) is 10.6 Å². The molecule has 140 valence electrons. The first-order chi connectivity index (χ1) is 13.0. The third-order valence-electron chi connectivity index (χ3n) is 4.07. The van der Waals surface area contributed by atoms with Crippen molar-refractivity contribution in [2.75, 3.05) is 12.3 Å². The minimum Gasteiger partial charge on any atom is -0.487 e. The Bertz CT molecular complexity index is 975. The lowest BCUT2D eigenvalue weighted by Gasteiger charge is -2.11. The smallest absolute Gasteiger partial charge is 0.240 e. The number of rotatable bonds is 8. The number of hydrogen-bond donors (Lipinski definition) is 2. The van der Waals surface area contributed by atoms with Crippen LogP contribution in [0.15, 0.2) is 83.8 Å². The molecular formula is C21H22N2O3S. The number of sulfonamides is 1. The van der Waals surface area contributed by atoms with Crippen LogP contribution in [0, 0.1) is 0 Å². The van der Waals surface area contributed by atoms with Crippen molar-refractivity contribution < 1.29 is 13.2 Å². The molecule has 3 aromatic carbocycles. The molecule has 27 heavy (non-hydrogen) atoms. The summed E-state index contributed by atoms with van der Waals surface area (Å²) in [6.45, 7) is 0.717. The van der Waals surface area contributed by atoms with Crippen LogP contribution in [0.4, 0.5) is 5.69 Å². The number of hydrogen-bond acceptors (Lipinski definition) is 4. The summed E-state index contributed by atoms with van der Waals surface area (Å²) in [6.07, 6.45) is 0.536. The Morgan fingerprint density at radius 1 is 0.852 bits per heavy atom. The average Bonchev–Trinajstić information content (AvgIpc) is 2.69. The van der Waals surface area contributed by atoms with Gasteiger partial charge in [0.2, 0.25) is 10.0 Å². The van der Waals surface area contributed by atoms with E-state index in [9.17, 15) is 8.42 Å². The zero-order valence-electron chi connectivity index (χ0n) is 14.8. The molecule has 0 bridgehead atoms. The zero-order valence-corrected chi connectivity index (χ0v) is 15.7. The van der Waals surface area contributed by atoms with Gasteiger partial charge in [0.15, 0.2) is 0 Å². The summed E-state index contributed by atoms with van der Waals surface area (Å²) in [5, 5.41) is 0. The topological polar surface area (TPSA) is 81.4 Å². The molecule has 0 aliphatic carbocycles. The van der Waals surface area contributed by atoms with Crippen LogP contribution < -0.4 is 15.2 Å². The van der Waals surface area contributed by atoms with E-state index in [4.69, 9.17) is 10.5 Å². The molecule has 3 rings (SSSR count). The molecule has 0 radical (unpaired) electrons. The Morgan fingerprint density at radius 2 is 1.52 bits per heavy atom. The van der Waals surface area contributed by atoms with E-state index < -0.39 is 10.0 Å². The second-order valence-corrected chi connectivity index (χ2v) is 7.87. The van der Waals surface area contributed by atoms with Gasteiger partial charge >= 0.3 is 0 Å². The Kier molecular flexibility index (Phi) is 6.11. The first-order valence-corrected chi connectivity index (χ1v) is 10.1. The molecule has 0 amide bonds. The van der Waals surface area contributed by atoms with Crippen molar-refractivity contribution in [2.45, 2.75) is 17.9 Å². The van der Waals surface area contributed by atoms with E-state index in [-0.39, 0.29) is 4.90 Å². The number of nitrogen functional groups attached to an aromatic ring is 1. The van der Waals surface area contributed by atoms with Gasteiger partial charge in [-0.25, -0.2) is 13.1 Å². The summed E-state index contributed by atoms with van der Waals surface area (Å²) in [6, 6.07) is 23.7. The average molecular weight is 382 g/mol. The second kappa shape index (κ2) is 8.70. The Morgan fingerprint density at radius 3 is 2.22 bits per heavy atom. The maximum absolute atomic E-state index is 12.2. The van der Waals surface area contributed by atoms with Crippen LogP contribution in [0.1, 0.15) is 11.1 Å². The maximum atomic E-state index is 12.2. The number of benzene rings is 3. The van der Waals surface area contributed by atoms with Crippen molar-refractivity contribution in [2.24, 2.45) is 0 Å². The highest BCUT2D eigenvalue weighted by molar-refractivity contribution is 7.89. The predicted octanol–water partition coefficient (Wildman–Crippen LogP) is 3.37. The molecule has 0 unspecified atom stereocenters. The quantitative estimate of drug-likeness (QED) is 0.585. The maximum Gasteiger partial charge on any atom is 0.240 e. The van der Waals surface area contributed by atoms with Crippen LogP contribution in [-0.4, -0.2) is 15.0 Å². The highest BCUT2D eigenvalue weighted by Crippen LogP contribution is 2.24. The van der Waals surface area contributed by atoms with Gasteiger partial charge in [0.1, 0.15) is 12.4 Å². The first-order valence-electron chi connectivity index (χ1n) is 8.64. The van der Waals surface area contributed by atoms with Gasteiger partial charge in [0, 0.05) is 6.54 Å². The van der Waals surface area contributed by atoms with Crippen molar-refractivity contribution in [3.05, 3.63) is 90.0 Å². The van der Waals surface area contributed by atoms with Gasteiger partial charge < -0.3 is 10.5 Å². The van der Waals surface area contributed by atoms with Crippen LogP contribution in [0.25, 0.3) is 0 Å². The minimum absolute atomic E-state index is 0.259. The monoisotopic (exact) mass is 382 g/mol. The van der Waals surface area contributed by atoms with Gasteiger partial charge in [-0.15, -0.1) is 0 Å². The molecule has 3 aromatic rings. The summed E-state index contributed by atoms with van der Waals surface area (Å²) in [5.74, 6) is 0.599. The molecule has 0 aromatic heterocycles. The second-order valence-electron chi connectivity index (χ2n) is 6.11. The molecule has 0 atom stereocenters. The van der Waals surface area contributed by atoms with Crippen molar-refractivity contribution in [1.82, 2.24) is 4.72 Å². The predicted molar refractivity (Wildman–Crippen MR) is 107 cm³/mol. The van der Waals surface area contributed by atoms with Gasteiger partial charge in [-0.1, -0.05) is 54.6 Å². The molecule has 0 spiro atoms. The summed E-state index contributed by atoms with van der Waals surface area (Å²) >= 11 is 0. The van der Waals surface area contributed by atoms with E-state index >= 15 is 0 Å². The van der Waals surface area contributed by atoms with Crippen LogP contribution in [0.2, 0.25) is 0 Å². The largest absolute Gasteiger partial charge is 0.487 e. The SMILES string of the molecule is Nc1ccc(CCNS(=O)(=O)c2ccccc2)cc1OCc1ccccc1. The standard InChI is InChI=1S/C21H22N2O3S/c22-20-12-11-17(15-21(20)26-16-18-7-3-1-4-8-18)13-14-23-27(24,25)19-9-5-2-6-10-19/h1-12,15,23H,13-14,16,22H2. The highest BCUT2D eigenvalue weighted by Gasteiger charge is 2.12. The number of nitrogens with two attached hydrogens (primary N) is 1. The van der Waals surface area contributed by atoms with Crippen molar-refractivity contribution in [3.8, 4) is 5.75 Å². The van der Waals surface area contributed by atoms with Gasteiger partial charge in [-0.3, -0.25) is 0 Å². The van der Waals surface area contributed by atoms with E-state index in [1.165, 1.54) is 0 Å². The van der Waals surface area contributed by atoms with Crippen LogP contribution in [0.3, 0.4) is 0 Å². The van der Waals surface area contributed by atoms with Crippen LogP contribution in [-0.2, 0) is 23.1 Å². The lowest BCUT2D eigenvalue weighted by molar-refractivity contribution is 0.307. The van der Waals surface area contributed by atoms with Crippen molar-refractivity contribution in [3.63, 3.8) is 0 Å². The summed E-state index contributed by atoms with van der Waals surface area (Å²) in [5.41, 5.74) is 8.55. The van der Waals surface area contributed by atoms with Crippen molar-refractivity contribution >= 4 is 15.7 Å². The van der Waals surface area contributed by atoms with E-state index in [0.717, 1.165) is 11.1 Å². The Labute approximate surface area is 159 Å². The van der Waals surface area contributed by atoms with E-state index in [0.29, 0.717) is 31.0 Å². The minimum atomic E-state index is -3.50. The summed E-state index contributed by atoms with van der Waals surface area (Å²) in [7, 11) is -3.50. The molecule has 0 aliphatic rings. The van der Waals surface area contributed by atoms with Crippen LogP contribution >= 0.6 is 0 Å². The van der Waals surface area contributed by atoms with Crippen molar-refractivity contribution in [1.29, 1.82) is 0 Å². The number of ether oxygens (including phenoxy) is 1. The number of anilines is 1. The molecular weight excluding hydrogens is 360 g/mol. The van der Waals surface area contributed by atoms with Gasteiger partial charge in [-0.2, -0.15) is 0 Å². The molecule has 3 N–H and O–H groups in total. The third-order valence-corrected chi connectivity index (χ3v) is 5.55. The van der Waals surface area contributed by atoms with Crippen LogP contribution in [0.5, 0.6) is 5.75 Å². The Hall–Kier alpha value is -2.83. The molecule has 0 aliphatic heterocycles. The first kappa shape index (κ1) is 18.9. The third kappa shape index (κ3) is 5.32. The summed E-state index contributed by atoms with van der Waals surface area (Å²) in [4.78, 5) is 0.259. The summed E-state index contributed by atoms with van der Waals surface area (Å²) < 4.78 is 32.9. The molecule has 6 heteroatoms.